The first-order valence-electron chi connectivity index (χ1n) is 6.76. The van der Waals surface area contributed by atoms with Gasteiger partial charge in [0.25, 0.3) is 0 Å². The third-order valence-corrected chi connectivity index (χ3v) is 3.66. The molecule has 1 atom stereocenters. The van der Waals surface area contributed by atoms with E-state index < -0.39 is 5.92 Å². The van der Waals surface area contributed by atoms with Crippen molar-refractivity contribution in [3.63, 3.8) is 0 Å². The van der Waals surface area contributed by atoms with E-state index in [4.69, 9.17) is 4.74 Å². The fourth-order valence-corrected chi connectivity index (χ4v) is 2.60. The van der Waals surface area contributed by atoms with Crippen LogP contribution < -0.4 is 9.64 Å². The van der Waals surface area contributed by atoms with Gasteiger partial charge in [0, 0.05) is 12.5 Å². The highest BCUT2D eigenvalue weighted by atomic mass is 16.5. The highest BCUT2D eigenvalue weighted by molar-refractivity contribution is 6.22. The van der Waals surface area contributed by atoms with Gasteiger partial charge in [0.1, 0.15) is 5.75 Å². The van der Waals surface area contributed by atoms with E-state index in [0.717, 1.165) is 5.56 Å². The first-order chi connectivity index (χ1) is 10.2. The van der Waals surface area contributed by atoms with E-state index in [9.17, 15) is 9.59 Å². The Morgan fingerprint density at radius 3 is 2.52 bits per heavy atom. The van der Waals surface area contributed by atoms with E-state index in [1.807, 2.05) is 30.3 Å². The van der Waals surface area contributed by atoms with Gasteiger partial charge in [-0.3, -0.25) is 9.59 Å². The lowest BCUT2D eigenvalue weighted by molar-refractivity contribution is -0.121. The smallest absolute Gasteiger partial charge is 0.241 e. The largest absolute Gasteiger partial charge is 0.497 e. The first kappa shape index (κ1) is 13.4. The summed E-state index contributed by atoms with van der Waals surface area (Å²) >= 11 is 0. The van der Waals surface area contributed by atoms with Gasteiger partial charge in [-0.05, 0) is 17.7 Å². The van der Waals surface area contributed by atoms with Crippen LogP contribution in [0, 0.1) is 0 Å². The normalized spacial score (nSPS) is 18.1. The number of nitrogens with zero attached hydrogens (tertiary/aromatic N) is 1. The van der Waals surface area contributed by atoms with Gasteiger partial charge in [-0.15, -0.1) is 0 Å². The number of hydrogen-bond donors (Lipinski definition) is 0. The minimum atomic E-state index is -0.398. The predicted molar refractivity (Wildman–Crippen MR) is 79.3 cm³/mol. The van der Waals surface area contributed by atoms with Crippen molar-refractivity contribution < 1.29 is 14.3 Å². The second-order valence-electron chi connectivity index (χ2n) is 4.94. The highest BCUT2D eigenvalue weighted by Crippen LogP contribution is 2.34. The van der Waals surface area contributed by atoms with Gasteiger partial charge in [0.05, 0.1) is 18.7 Å². The predicted octanol–water partition coefficient (Wildman–Crippen LogP) is 2.74. The second-order valence-corrected chi connectivity index (χ2v) is 4.94. The van der Waals surface area contributed by atoms with E-state index >= 15 is 0 Å². The molecule has 1 fully saturated rings. The van der Waals surface area contributed by atoms with Crippen LogP contribution in [0.3, 0.4) is 0 Å². The van der Waals surface area contributed by atoms with Gasteiger partial charge < -0.3 is 4.74 Å². The Labute approximate surface area is 123 Å². The lowest BCUT2D eigenvalue weighted by Crippen LogP contribution is -2.29. The molecule has 1 unspecified atom stereocenters. The zero-order valence-electron chi connectivity index (χ0n) is 11.7. The Hall–Kier alpha value is -2.62. The summed E-state index contributed by atoms with van der Waals surface area (Å²) in [5, 5.41) is 0. The molecule has 0 aromatic heterocycles. The molecule has 0 radical (unpaired) electrons. The second kappa shape index (κ2) is 5.40. The summed E-state index contributed by atoms with van der Waals surface area (Å²) in [6, 6.07) is 16.4. The summed E-state index contributed by atoms with van der Waals surface area (Å²) in [5.41, 5.74) is 1.43. The van der Waals surface area contributed by atoms with Crippen molar-refractivity contribution in [1.29, 1.82) is 0 Å². The number of hydrogen-bond acceptors (Lipinski definition) is 3. The maximum Gasteiger partial charge on any atom is 0.241 e. The van der Waals surface area contributed by atoms with Crippen molar-refractivity contribution in [2.24, 2.45) is 0 Å². The topological polar surface area (TPSA) is 46.6 Å². The Morgan fingerprint density at radius 2 is 1.81 bits per heavy atom. The van der Waals surface area contributed by atoms with Crippen molar-refractivity contribution >= 4 is 17.5 Å². The molecule has 2 amide bonds. The average molecular weight is 281 g/mol. The maximum absolute atomic E-state index is 12.6. The molecular formula is C17H15NO3. The summed E-state index contributed by atoms with van der Waals surface area (Å²) in [6.45, 7) is 0. The van der Waals surface area contributed by atoms with Crippen LogP contribution in [-0.2, 0) is 9.59 Å². The molecule has 4 heteroatoms. The average Bonchev–Trinajstić information content (AvgIpc) is 2.83. The van der Waals surface area contributed by atoms with Gasteiger partial charge in [0.2, 0.25) is 11.8 Å². The Morgan fingerprint density at radius 1 is 1.05 bits per heavy atom. The fraction of sp³-hybridized carbons (Fsp3) is 0.176. The minimum absolute atomic E-state index is 0.179. The molecule has 21 heavy (non-hydrogen) atoms. The Kier molecular flexibility index (Phi) is 3.44. The molecule has 0 bridgehead atoms. The molecule has 2 aromatic carbocycles. The zero-order valence-corrected chi connectivity index (χ0v) is 11.7. The molecule has 0 aliphatic carbocycles. The van der Waals surface area contributed by atoms with Crippen LogP contribution in [0.2, 0.25) is 0 Å². The molecule has 0 saturated carbocycles. The van der Waals surface area contributed by atoms with Gasteiger partial charge >= 0.3 is 0 Å². The monoisotopic (exact) mass is 281 g/mol. The number of ether oxygens (including phenoxy) is 1. The van der Waals surface area contributed by atoms with Crippen LogP contribution in [0.15, 0.2) is 54.6 Å². The van der Waals surface area contributed by atoms with Crippen molar-refractivity contribution in [3.8, 4) is 5.75 Å². The molecule has 1 heterocycles. The minimum Gasteiger partial charge on any atom is -0.497 e. The molecule has 1 aliphatic heterocycles. The van der Waals surface area contributed by atoms with Crippen molar-refractivity contribution in [1.82, 2.24) is 0 Å². The van der Waals surface area contributed by atoms with Crippen LogP contribution in [0.5, 0.6) is 5.75 Å². The Bertz CT molecular complexity index is 681. The summed E-state index contributed by atoms with van der Waals surface area (Å²) in [7, 11) is 1.56. The number of anilines is 1. The Balaban J connectivity index is 1.94. The third kappa shape index (κ3) is 2.40. The number of imide groups is 1. The number of carbonyl (C=O) groups excluding carboxylic acids is 2. The first-order valence-corrected chi connectivity index (χ1v) is 6.76. The lowest BCUT2D eigenvalue weighted by atomic mass is 9.98. The quantitative estimate of drug-likeness (QED) is 0.813. The van der Waals surface area contributed by atoms with E-state index in [-0.39, 0.29) is 18.2 Å². The van der Waals surface area contributed by atoms with Crippen LogP contribution >= 0.6 is 0 Å². The molecule has 3 rings (SSSR count). The maximum atomic E-state index is 12.6. The molecule has 2 aromatic rings. The van der Waals surface area contributed by atoms with Crippen LogP contribution in [0.1, 0.15) is 17.9 Å². The number of carbonyl (C=O) groups is 2. The molecule has 1 saturated heterocycles. The molecule has 0 spiro atoms. The summed E-state index contributed by atoms with van der Waals surface area (Å²) in [4.78, 5) is 26.1. The van der Waals surface area contributed by atoms with Gasteiger partial charge in [0.15, 0.2) is 0 Å². The van der Waals surface area contributed by atoms with Crippen LogP contribution in [-0.4, -0.2) is 18.9 Å². The standard InChI is InChI=1S/C17H15NO3/c1-21-14-9-5-8-13(10-14)18-16(19)11-15(17(18)20)12-6-3-2-4-7-12/h2-10,15H,11H2,1H3. The summed E-state index contributed by atoms with van der Waals surface area (Å²) in [5.74, 6) is -0.136. The van der Waals surface area contributed by atoms with Crippen LogP contribution in [0.25, 0.3) is 0 Å². The molecule has 4 nitrogen and oxygen atoms in total. The molecule has 0 N–H and O–H groups in total. The van der Waals surface area contributed by atoms with E-state index in [0.29, 0.717) is 11.4 Å². The van der Waals surface area contributed by atoms with Gasteiger partial charge in [-0.2, -0.15) is 0 Å². The highest BCUT2D eigenvalue weighted by Gasteiger charge is 2.40. The van der Waals surface area contributed by atoms with E-state index in [1.165, 1.54) is 4.90 Å². The van der Waals surface area contributed by atoms with Crippen molar-refractivity contribution in [2.75, 3.05) is 12.0 Å². The number of rotatable bonds is 3. The third-order valence-electron chi connectivity index (χ3n) is 3.66. The van der Waals surface area contributed by atoms with E-state index in [2.05, 4.69) is 0 Å². The number of benzene rings is 2. The van der Waals surface area contributed by atoms with Gasteiger partial charge in [-0.1, -0.05) is 36.4 Å². The number of amides is 2. The van der Waals surface area contributed by atoms with Crippen molar-refractivity contribution in [2.45, 2.75) is 12.3 Å². The lowest BCUT2D eigenvalue weighted by Gasteiger charge is -2.16. The van der Waals surface area contributed by atoms with Gasteiger partial charge in [-0.25, -0.2) is 4.90 Å². The molecule has 1 aliphatic rings. The summed E-state index contributed by atoms with van der Waals surface area (Å²) in [6.07, 6.45) is 0.208. The fourth-order valence-electron chi connectivity index (χ4n) is 2.60. The number of methoxy groups -OCH3 is 1. The van der Waals surface area contributed by atoms with Crippen LogP contribution in [0.4, 0.5) is 5.69 Å². The molecule has 106 valence electrons. The SMILES string of the molecule is COc1cccc(N2C(=O)CC(c3ccccc3)C2=O)c1. The zero-order chi connectivity index (χ0) is 14.8. The molecular weight excluding hydrogens is 266 g/mol. The summed E-state index contributed by atoms with van der Waals surface area (Å²) < 4.78 is 5.15. The van der Waals surface area contributed by atoms with Crippen molar-refractivity contribution in [3.05, 3.63) is 60.2 Å². The van der Waals surface area contributed by atoms with E-state index in [1.54, 1.807) is 31.4 Å².